The molecule has 0 bridgehead atoms. The number of rotatable bonds is 4. The number of hydrogen-bond acceptors (Lipinski definition) is 3. The van der Waals surface area contributed by atoms with Gasteiger partial charge in [-0.15, -0.1) is 0 Å². The van der Waals surface area contributed by atoms with Gasteiger partial charge in [-0.2, -0.15) is 0 Å². The summed E-state index contributed by atoms with van der Waals surface area (Å²) in [5.74, 6) is -0.122. The highest BCUT2D eigenvalue weighted by atomic mass is 16.5. The minimum atomic E-state index is -0.116. The van der Waals surface area contributed by atoms with Crippen molar-refractivity contribution in [2.75, 3.05) is 23.4 Å². The van der Waals surface area contributed by atoms with Crippen molar-refractivity contribution >= 4 is 23.2 Å². The van der Waals surface area contributed by atoms with Crippen LogP contribution in [-0.2, 0) is 9.53 Å². The fourth-order valence-corrected chi connectivity index (χ4v) is 3.26. The van der Waals surface area contributed by atoms with E-state index in [2.05, 4.69) is 5.32 Å². The number of anilines is 2. The minimum absolute atomic E-state index is 0.00660. The van der Waals surface area contributed by atoms with Crippen LogP contribution < -0.4 is 10.2 Å². The smallest absolute Gasteiger partial charge is 0.258 e. The largest absolute Gasteiger partial charge is 0.381 e. The van der Waals surface area contributed by atoms with Gasteiger partial charge in [-0.25, -0.2) is 0 Å². The number of aryl methyl sites for hydroxylation is 1. The lowest BCUT2D eigenvalue weighted by molar-refractivity contribution is -0.114. The molecule has 0 aliphatic carbocycles. The zero-order valence-electron chi connectivity index (χ0n) is 15.2. The van der Waals surface area contributed by atoms with Crippen LogP contribution >= 0.6 is 0 Å². The Morgan fingerprint density at radius 2 is 1.77 bits per heavy atom. The topological polar surface area (TPSA) is 58.6 Å². The lowest BCUT2D eigenvalue weighted by Crippen LogP contribution is -2.43. The monoisotopic (exact) mass is 352 g/mol. The van der Waals surface area contributed by atoms with Crippen LogP contribution in [0, 0.1) is 6.92 Å². The van der Waals surface area contributed by atoms with Crippen molar-refractivity contribution < 1.29 is 14.3 Å². The molecule has 2 aromatic carbocycles. The van der Waals surface area contributed by atoms with Gasteiger partial charge in [0.05, 0.1) is 0 Å². The van der Waals surface area contributed by atoms with Gasteiger partial charge in [0, 0.05) is 43.1 Å². The standard InChI is InChI=1S/C21H24N2O3/c1-15-4-3-5-17(14-15)21(25)23(20-10-12-26-13-11-20)19-8-6-18(7-9-19)22-16(2)24/h3-9,14,20H,10-13H2,1-2H3,(H,22,24). The highest BCUT2D eigenvalue weighted by Gasteiger charge is 2.28. The van der Waals surface area contributed by atoms with E-state index in [1.165, 1.54) is 6.92 Å². The highest BCUT2D eigenvalue weighted by molar-refractivity contribution is 6.06. The molecule has 136 valence electrons. The summed E-state index contributed by atoms with van der Waals surface area (Å²) >= 11 is 0. The van der Waals surface area contributed by atoms with Crippen molar-refractivity contribution in [1.29, 1.82) is 0 Å². The molecule has 1 N–H and O–H groups in total. The molecule has 3 rings (SSSR count). The van der Waals surface area contributed by atoms with Gasteiger partial charge >= 0.3 is 0 Å². The Morgan fingerprint density at radius 3 is 2.38 bits per heavy atom. The Bertz CT molecular complexity index is 780. The summed E-state index contributed by atoms with van der Waals surface area (Å²) in [4.78, 5) is 26.4. The third-order valence-electron chi connectivity index (χ3n) is 4.51. The zero-order chi connectivity index (χ0) is 18.5. The van der Waals surface area contributed by atoms with Crippen molar-refractivity contribution in [2.24, 2.45) is 0 Å². The van der Waals surface area contributed by atoms with E-state index in [1.807, 2.05) is 60.4 Å². The molecule has 0 saturated carbocycles. The molecular weight excluding hydrogens is 328 g/mol. The maximum atomic E-state index is 13.3. The lowest BCUT2D eigenvalue weighted by Gasteiger charge is -2.34. The molecule has 1 saturated heterocycles. The molecule has 1 fully saturated rings. The number of carbonyl (C=O) groups excluding carboxylic acids is 2. The predicted molar refractivity (Wildman–Crippen MR) is 103 cm³/mol. The van der Waals surface area contributed by atoms with Gasteiger partial charge in [0.15, 0.2) is 0 Å². The van der Waals surface area contributed by atoms with Crippen molar-refractivity contribution in [1.82, 2.24) is 0 Å². The summed E-state index contributed by atoms with van der Waals surface area (Å²) in [6.07, 6.45) is 1.62. The summed E-state index contributed by atoms with van der Waals surface area (Å²) < 4.78 is 5.47. The second-order valence-electron chi connectivity index (χ2n) is 6.62. The maximum absolute atomic E-state index is 13.3. The van der Waals surface area contributed by atoms with E-state index in [9.17, 15) is 9.59 Å². The number of benzene rings is 2. The van der Waals surface area contributed by atoms with E-state index >= 15 is 0 Å². The van der Waals surface area contributed by atoms with Gasteiger partial charge in [-0.05, 0) is 56.2 Å². The highest BCUT2D eigenvalue weighted by Crippen LogP contribution is 2.27. The van der Waals surface area contributed by atoms with Crippen molar-refractivity contribution in [3.63, 3.8) is 0 Å². The maximum Gasteiger partial charge on any atom is 0.258 e. The molecule has 1 heterocycles. The van der Waals surface area contributed by atoms with Gasteiger partial charge in [0.1, 0.15) is 0 Å². The first-order chi connectivity index (χ1) is 12.5. The second-order valence-corrected chi connectivity index (χ2v) is 6.62. The number of carbonyl (C=O) groups is 2. The van der Waals surface area contributed by atoms with Gasteiger partial charge < -0.3 is 15.0 Å². The number of nitrogens with one attached hydrogen (secondary N) is 1. The minimum Gasteiger partial charge on any atom is -0.381 e. The molecule has 1 aliphatic heterocycles. The summed E-state index contributed by atoms with van der Waals surface area (Å²) in [5, 5.41) is 2.76. The van der Waals surface area contributed by atoms with Crippen LogP contribution in [0.25, 0.3) is 0 Å². The summed E-state index contributed by atoms with van der Waals surface area (Å²) in [6.45, 7) is 4.78. The van der Waals surface area contributed by atoms with E-state index in [0.29, 0.717) is 18.8 Å². The van der Waals surface area contributed by atoms with Gasteiger partial charge in [0.25, 0.3) is 5.91 Å². The van der Waals surface area contributed by atoms with E-state index in [-0.39, 0.29) is 17.9 Å². The molecule has 2 amide bonds. The normalized spacial score (nSPS) is 14.7. The van der Waals surface area contributed by atoms with Crippen LogP contribution in [0.1, 0.15) is 35.7 Å². The van der Waals surface area contributed by atoms with Gasteiger partial charge in [0.2, 0.25) is 5.91 Å². The first-order valence-electron chi connectivity index (χ1n) is 8.90. The Balaban J connectivity index is 1.92. The Morgan fingerprint density at radius 1 is 1.08 bits per heavy atom. The molecule has 0 spiro atoms. The molecule has 0 atom stereocenters. The average Bonchev–Trinajstić information content (AvgIpc) is 2.64. The lowest BCUT2D eigenvalue weighted by atomic mass is 10.0. The fourth-order valence-electron chi connectivity index (χ4n) is 3.26. The van der Waals surface area contributed by atoms with Crippen LogP contribution in [0.4, 0.5) is 11.4 Å². The molecule has 0 aromatic heterocycles. The number of ether oxygens (including phenoxy) is 1. The Hall–Kier alpha value is -2.66. The van der Waals surface area contributed by atoms with Gasteiger partial charge in [-0.3, -0.25) is 9.59 Å². The van der Waals surface area contributed by atoms with E-state index < -0.39 is 0 Å². The van der Waals surface area contributed by atoms with Gasteiger partial charge in [-0.1, -0.05) is 17.7 Å². The molecular formula is C21H24N2O3. The Labute approximate surface area is 154 Å². The average molecular weight is 352 g/mol. The third-order valence-corrected chi connectivity index (χ3v) is 4.51. The molecule has 5 nitrogen and oxygen atoms in total. The number of nitrogens with zero attached hydrogens (tertiary/aromatic N) is 1. The van der Waals surface area contributed by atoms with Crippen LogP contribution in [0.5, 0.6) is 0 Å². The van der Waals surface area contributed by atoms with E-state index in [1.54, 1.807) is 0 Å². The Kier molecular flexibility index (Phi) is 5.68. The molecule has 0 radical (unpaired) electrons. The second kappa shape index (κ2) is 8.15. The fraction of sp³-hybridized carbons (Fsp3) is 0.333. The molecule has 5 heteroatoms. The third kappa shape index (κ3) is 4.29. The molecule has 26 heavy (non-hydrogen) atoms. The first-order valence-corrected chi connectivity index (χ1v) is 8.90. The summed E-state index contributed by atoms with van der Waals surface area (Å²) in [5.41, 5.74) is 3.29. The van der Waals surface area contributed by atoms with Crippen LogP contribution in [0.15, 0.2) is 48.5 Å². The first kappa shape index (κ1) is 18.1. The van der Waals surface area contributed by atoms with Crippen molar-refractivity contribution in [3.8, 4) is 0 Å². The van der Waals surface area contributed by atoms with Crippen molar-refractivity contribution in [2.45, 2.75) is 32.7 Å². The SMILES string of the molecule is CC(=O)Nc1ccc(N(C(=O)c2cccc(C)c2)C2CCOCC2)cc1. The van der Waals surface area contributed by atoms with Crippen LogP contribution in [0.3, 0.4) is 0 Å². The predicted octanol–water partition coefficient (Wildman–Crippen LogP) is 3.78. The van der Waals surface area contributed by atoms with Crippen LogP contribution in [-0.4, -0.2) is 31.1 Å². The van der Waals surface area contributed by atoms with E-state index in [4.69, 9.17) is 4.74 Å². The quantitative estimate of drug-likeness (QED) is 0.911. The van der Waals surface area contributed by atoms with E-state index in [0.717, 1.165) is 29.8 Å². The molecule has 2 aromatic rings. The molecule has 1 aliphatic rings. The zero-order valence-corrected chi connectivity index (χ0v) is 15.2. The molecule has 0 unspecified atom stereocenters. The summed E-state index contributed by atoms with van der Waals surface area (Å²) in [6, 6.07) is 15.2. The number of amides is 2. The van der Waals surface area contributed by atoms with Crippen molar-refractivity contribution in [3.05, 3.63) is 59.7 Å². The number of hydrogen-bond donors (Lipinski definition) is 1. The summed E-state index contributed by atoms with van der Waals surface area (Å²) in [7, 11) is 0. The van der Waals surface area contributed by atoms with Crippen LogP contribution in [0.2, 0.25) is 0 Å².